The van der Waals surface area contributed by atoms with Crippen LogP contribution in [-0.2, 0) is 14.3 Å². The highest BCUT2D eigenvalue weighted by atomic mass is 16.5. The van der Waals surface area contributed by atoms with Crippen molar-refractivity contribution in [2.24, 2.45) is 0 Å². The van der Waals surface area contributed by atoms with Crippen LogP contribution < -0.4 is 5.43 Å². The zero-order valence-electron chi connectivity index (χ0n) is 15.6. The number of aliphatic hydroxyl groups excluding tert-OH is 1. The molecule has 28 heavy (non-hydrogen) atoms. The number of carbonyl (C=O) groups excluding carboxylic acids is 2. The Kier molecular flexibility index (Phi) is 5.75. The lowest BCUT2D eigenvalue weighted by Crippen LogP contribution is -2.11. The Morgan fingerprint density at radius 3 is 2.32 bits per heavy atom. The Balaban J connectivity index is 2.05. The summed E-state index contributed by atoms with van der Waals surface area (Å²) in [5, 5.41) is 10.7. The van der Waals surface area contributed by atoms with E-state index >= 15 is 0 Å². The van der Waals surface area contributed by atoms with E-state index in [0.29, 0.717) is 16.7 Å². The minimum absolute atomic E-state index is 0.217. The normalized spacial score (nSPS) is 12.1. The zero-order valence-corrected chi connectivity index (χ0v) is 15.6. The van der Waals surface area contributed by atoms with Gasteiger partial charge in [0.15, 0.2) is 0 Å². The maximum absolute atomic E-state index is 12.9. The van der Waals surface area contributed by atoms with Gasteiger partial charge >= 0.3 is 11.9 Å². The van der Waals surface area contributed by atoms with Crippen molar-refractivity contribution in [3.63, 3.8) is 0 Å². The van der Waals surface area contributed by atoms with E-state index in [4.69, 9.17) is 13.9 Å². The van der Waals surface area contributed by atoms with Crippen molar-refractivity contribution in [2.45, 2.75) is 26.4 Å². The predicted octanol–water partition coefficient (Wildman–Crippen LogP) is 3.11. The highest BCUT2D eigenvalue weighted by molar-refractivity contribution is 5.96. The average Bonchev–Trinajstić information content (AvgIpc) is 2.68. The van der Waals surface area contributed by atoms with Crippen LogP contribution in [0.4, 0.5) is 0 Å². The molecule has 1 N–H and O–H groups in total. The van der Waals surface area contributed by atoms with Crippen molar-refractivity contribution in [1.82, 2.24) is 0 Å². The first-order valence-electron chi connectivity index (χ1n) is 8.96. The molecule has 3 aromatic rings. The Labute approximate surface area is 160 Å². The molecule has 146 valence electrons. The number of benzene rings is 2. The predicted molar refractivity (Wildman–Crippen MR) is 102 cm³/mol. The maximum Gasteiger partial charge on any atom is 0.338 e. The molecule has 1 aromatic heterocycles. The van der Waals surface area contributed by atoms with Gasteiger partial charge in [0, 0.05) is 0 Å². The summed E-state index contributed by atoms with van der Waals surface area (Å²) in [7, 11) is 0. The van der Waals surface area contributed by atoms with Crippen LogP contribution in [0.3, 0.4) is 0 Å². The second kappa shape index (κ2) is 8.22. The molecule has 0 aliphatic heterocycles. The molecular formula is C21H20O7. The smallest absolute Gasteiger partial charge is 0.338 e. The number of rotatable bonds is 6. The van der Waals surface area contributed by atoms with Crippen LogP contribution in [-0.4, -0.2) is 30.3 Å². The first-order valence-corrected chi connectivity index (χ1v) is 8.96. The van der Waals surface area contributed by atoms with Gasteiger partial charge in [-0.2, -0.15) is 0 Å². The molecule has 1 atom stereocenters. The summed E-state index contributed by atoms with van der Waals surface area (Å²) in [6.07, 6.45) is -1.32. The fourth-order valence-corrected chi connectivity index (χ4v) is 2.92. The van der Waals surface area contributed by atoms with Crippen LogP contribution in [0.25, 0.3) is 21.9 Å². The van der Waals surface area contributed by atoms with Crippen molar-refractivity contribution in [3.8, 4) is 0 Å². The lowest BCUT2D eigenvalue weighted by Gasteiger charge is -2.11. The maximum atomic E-state index is 12.9. The highest BCUT2D eigenvalue weighted by Crippen LogP contribution is 2.24. The van der Waals surface area contributed by atoms with E-state index in [1.54, 1.807) is 32.0 Å². The molecule has 0 aliphatic carbocycles. The van der Waals surface area contributed by atoms with E-state index in [-0.39, 0.29) is 41.4 Å². The third-order valence-electron chi connectivity index (χ3n) is 4.25. The molecular weight excluding hydrogens is 364 g/mol. The minimum Gasteiger partial charge on any atom is -0.466 e. The Hall–Kier alpha value is -3.19. The fourth-order valence-electron chi connectivity index (χ4n) is 2.92. The summed E-state index contributed by atoms with van der Waals surface area (Å²) in [5.41, 5.74) is 0.986. The lowest BCUT2D eigenvalue weighted by molar-refractivity contribution is -0.145. The van der Waals surface area contributed by atoms with Gasteiger partial charge in [0.25, 0.3) is 0 Å². The van der Waals surface area contributed by atoms with Crippen molar-refractivity contribution < 1.29 is 28.6 Å². The second-order valence-electron chi connectivity index (χ2n) is 6.14. The summed E-state index contributed by atoms with van der Waals surface area (Å²) in [5.74, 6) is -1.05. The van der Waals surface area contributed by atoms with Gasteiger partial charge < -0.3 is 19.0 Å². The number of esters is 2. The first-order chi connectivity index (χ1) is 13.4. The molecule has 3 rings (SSSR count). The summed E-state index contributed by atoms with van der Waals surface area (Å²) in [6.45, 7) is 3.83. The van der Waals surface area contributed by atoms with Gasteiger partial charge in [0.1, 0.15) is 11.2 Å². The first kappa shape index (κ1) is 19.6. The standard InChI is InChI=1S/C21H20O7/c1-3-26-19(23)11-16(22)12-5-7-17-14(9-12)20(24)15-10-13(21(25)27-4-2)6-8-18(15)28-17/h5-10,16,22H,3-4,11H2,1-2H3. The van der Waals surface area contributed by atoms with Crippen molar-refractivity contribution in [3.05, 3.63) is 57.7 Å². The molecule has 0 fully saturated rings. The lowest BCUT2D eigenvalue weighted by atomic mass is 10.0. The van der Waals surface area contributed by atoms with Gasteiger partial charge in [-0.25, -0.2) is 4.79 Å². The van der Waals surface area contributed by atoms with E-state index in [0.717, 1.165) is 0 Å². The largest absolute Gasteiger partial charge is 0.466 e. The van der Waals surface area contributed by atoms with E-state index in [1.807, 2.05) is 0 Å². The minimum atomic E-state index is -1.11. The third kappa shape index (κ3) is 3.89. The zero-order chi connectivity index (χ0) is 20.3. The summed E-state index contributed by atoms with van der Waals surface area (Å²) >= 11 is 0. The molecule has 0 amide bonds. The number of ether oxygens (including phenoxy) is 2. The number of carbonyl (C=O) groups is 2. The van der Waals surface area contributed by atoms with Gasteiger partial charge in [-0.15, -0.1) is 0 Å². The SMILES string of the molecule is CCOC(=O)CC(O)c1ccc2oc3ccc(C(=O)OCC)cc3c(=O)c2c1. The molecule has 0 bridgehead atoms. The quantitative estimate of drug-likeness (QED) is 0.514. The molecule has 7 heteroatoms. The van der Waals surface area contributed by atoms with E-state index < -0.39 is 18.0 Å². The molecule has 0 saturated heterocycles. The summed E-state index contributed by atoms with van der Waals surface area (Å²) in [4.78, 5) is 36.4. The molecule has 2 aromatic carbocycles. The van der Waals surface area contributed by atoms with Crippen LogP contribution in [0, 0.1) is 0 Å². The highest BCUT2D eigenvalue weighted by Gasteiger charge is 2.17. The Morgan fingerprint density at radius 2 is 1.64 bits per heavy atom. The van der Waals surface area contributed by atoms with Crippen molar-refractivity contribution in [2.75, 3.05) is 13.2 Å². The molecule has 1 heterocycles. The molecule has 7 nitrogen and oxygen atoms in total. The number of hydrogen-bond donors (Lipinski definition) is 1. The van der Waals surface area contributed by atoms with Gasteiger partial charge in [-0.3, -0.25) is 9.59 Å². The topological polar surface area (TPSA) is 103 Å². The van der Waals surface area contributed by atoms with Crippen LogP contribution in [0.5, 0.6) is 0 Å². The average molecular weight is 384 g/mol. The van der Waals surface area contributed by atoms with E-state index in [9.17, 15) is 19.5 Å². The van der Waals surface area contributed by atoms with E-state index in [1.165, 1.54) is 18.2 Å². The fraction of sp³-hybridized carbons (Fsp3) is 0.286. The number of fused-ring (bicyclic) bond motifs is 2. The van der Waals surface area contributed by atoms with Crippen LogP contribution in [0.1, 0.15) is 42.3 Å². The monoisotopic (exact) mass is 384 g/mol. The summed E-state index contributed by atoms with van der Waals surface area (Å²) in [6, 6.07) is 9.16. The second-order valence-corrected chi connectivity index (χ2v) is 6.14. The molecule has 1 unspecified atom stereocenters. The van der Waals surface area contributed by atoms with Crippen molar-refractivity contribution >= 4 is 33.9 Å². The van der Waals surface area contributed by atoms with Gasteiger partial charge in [0.2, 0.25) is 5.43 Å². The van der Waals surface area contributed by atoms with Gasteiger partial charge in [-0.05, 0) is 49.7 Å². The number of aliphatic hydroxyl groups is 1. The van der Waals surface area contributed by atoms with E-state index in [2.05, 4.69) is 0 Å². The Bertz CT molecular complexity index is 1100. The van der Waals surface area contributed by atoms with Crippen molar-refractivity contribution in [1.29, 1.82) is 0 Å². The molecule has 0 radical (unpaired) electrons. The molecule has 0 spiro atoms. The Morgan fingerprint density at radius 1 is 1.00 bits per heavy atom. The number of hydrogen-bond acceptors (Lipinski definition) is 7. The van der Waals surface area contributed by atoms with Crippen LogP contribution in [0.2, 0.25) is 0 Å². The third-order valence-corrected chi connectivity index (χ3v) is 4.25. The van der Waals surface area contributed by atoms with Crippen LogP contribution >= 0.6 is 0 Å². The van der Waals surface area contributed by atoms with Crippen LogP contribution in [0.15, 0.2) is 45.6 Å². The summed E-state index contributed by atoms with van der Waals surface area (Å²) < 4.78 is 15.5. The van der Waals surface area contributed by atoms with Gasteiger partial charge in [0.05, 0.1) is 42.1 Å². The molecule has 0 saturated carbocycles. The van der Waals surface area contributed by atoms with Gasteiger partial charge in [-0.1, -0.05) is 6.07 Å². The molecule has 0 aliphatic rings.